The summed E-state index contributed by atoms with van der Waals surface area (Å²) in [6.07, 6.45) is 15.0. The van der Waals surface area contributed by atoms with Crippen molar-refractivity contribution < 1.29 is 0 Å². The fraction of sp³-hybridized carbons (Fsp3) is 0.692. The van der Waals surface area contributed by atoms with Gasteiger partial charge in [-0.2, -0.15) is 0 Å². The van der Waals surface area contributed by atoms with E-state index >= 15 is 0 Å². The normalized spacial score (nSPS) is 42.7. The molecular weight excluding hydrogens is 187 g/mol. The zero-order valence-corrected chi connectivity index (χ0v) is 10.3. The van der Waals surface area contributed by atoms with E-state index < -0.39 is 0 Å². The van der Waals surface area contributed by atoms with E-state index in [1.165, 1.54) is 25.7 Å². The van der Waals surface area contributed by atoms with Gasteiger partial charge in [0, 0.05) is 5.16 Å². The van der Waals surface area contributed by atoms with Crippen LogP contribution >= 0.6 is 8.58 Å². The molecule has 4 atom stereocenters. The smallest absolute Gasteiger partial charge is 0.0121 e. The van der Waals surface area contributed by atoms with E-state index in [0.29, 0.717) is 5.16 Å². The van der Waals surface area contributed by atoms with Gasteiger partial charge in [-0.1, -0.05) is 44.1 Å². The molecule has 1 saturated carbocycles. The van der Waals surface area contributed by atoms with E-state index in [4.69, 9.17) is 0 Å². The Balaban J connectivity index is 2.19. The predicted molar refractivity (Wildman–Crippen MR) is 66.4 cm³/mol. The van der Waals surface area contributed by atoms with Gasteiger partial charge in [-0.3, -0.25) is 0 Å². The molecule has 0 saturated heterocycles. The minimum Gasteiger partial charge on any atom is -0.114 e. The van der Waals surface area contributed by atoms with Gasteiger partial charge in [-0.25, -0.2) is 0 Å². The zero-order valence-electron chi connectivity index (χ0n) is 9.29. The minimum absolute atomic E-state index is 0.532. The third-order valence-electron chi connectivity index (χ3n) is 4.09. The highest BCUT2D eigenvalue weighted by Crippen LogP contribution is 2.51. The molecule has 2 aliphatic rings. The fourth-order valence-corrected chi connectivity index (χ4v) is 4.58. The van der Waals surface area contributed by atoms with Gasteiger partial charge >= 0.3 is 0 Å². The summed E-state index contributed by atoms with van der Waals surface area (Å²) in [5.41, 5.74) is 0. The second-order valence-electron chi connectivity index (χ2n) is 4.80. The maximum atomic E-state index is 2.50. The largest absolute Gasteiger partial charge is 0.114 e. The van der Waals surface area contributed by atoms with E-state index in [9.17, 15) is 0 Å². The summed E-state index contributed by atoms with van der Waals surface area (Å²) in [5.74, 6) is 1.89. The van der Waals surface area contributed by atoms with Crippen LogP contribution in [0.2, 0.25) is 0 Å². The van der Waals surface area contributed by atoms with E-state index in [1.54, 1.807) is 0 Å². The first-order valence-electron chi connectivity index (χ1n) is 5.82. The van der Waals surface area contributed by atoms with Crippen molar-refractivity contribution in [3.05, 3.63) is 24.3 Å². The van der Waals surface area contributed by atoms with Gasteiger partial charge < -0.3 is 0 Å². The van der Waals surface area contributed by atoms with Gasteiger partial charge in [0.05, 0.1) is 0 Å². The Morgan fingerprint density at radius 2 is 2.14 bits per heavy atom. The highest BCUT2D eigenvalue weighted by molar-refractivity contribution is 7.39. The van der Waals surface area contributed by atoms with Crippen LogP contribution in [-0.4, -0.2) is 11.8 Å². The Kier molecular flexibility index (Phi) is 3.12. The Hall–Kier alpha value is -0.0900. The molecule has 4 unspecified atom stereocenters. The predicted octanol–water partition coefficient (Wildman–Crippen LogP) is 3.99. The number of hydrogen-bond acceptors (Lipinski definition) is 0. The SMILES string of the molecule is CPC1(C2CCCC2C)C=CC=CC1. The molecule has 0 bridgehead atoms. The quantitative estimate of drug-likeness (QED) is 0.602. The summed E-state index contributed by atoms with van der Waals surface area (Å²) in [7, 11) is 1.06. The minimum atomic E-state index is 0.532. The molecule has 1 heteroatoms. The summed E-state index contributed by atoms with van der Waals surface area (Å²) in [4.78, 5) is 0. The van der Waals surface area contributed by atoms with Crippen LogP contribution < -0.4 is 0 Å². The Labute approximate surface area is 89.6 Å². The zero-order chi connectivity index (χ0) is 10.0. The number of rotatable bonds is 2. The van der Waals surface area contributed by atoms with Gasteiger partial charge in [-0.05, 0) is 31.3 Å². The topological polar surface area (TPSA) is 0 Å². The second-order valence-corrected chi connectivity index (χ2v) is 6.23. The van der Waals surface area contributed by atoms with Crippen molar-refractivity contribution >= 4 is 8.58 Å². The number of hydrogen-bond donors (Lipinski definition) is 0. The molecule has 0 aromatic rings. The highest BCUT2D eigenvalue weighted by atomic mass is 31.1. The van der Waals surface area contributed by atoms with Crippen molar-refractivity contribution in [3.63, 3.8) is 0 Å². The van der Waals surface area contributed by atoms with Crippen molar-refractivity contribution in [2.45, 2.75) is 37.8 Å². The van der Waals surface area contributed by atoms with Gasteiger partial charge in [0.15, 0.2) is 0 Å². The summed E-state index contributed by atoms with van der Waals surface area (Å²) >= 11 is 0. The van der Waals surface area contributed by atoms with Crippen molar-refractivity contribution in [1.29, 1.82) is 0 Å². The molecule has 78 valence electrons. The Morgan fingerprint density at radius 3 is 2.64 bits per heavy atom. The van der Waals surface area contributed by atoms with Crippen LogP contribution in [0.25, 0.3) is 0 Å². The van der Waals surface area contributed by atoms with Crippen LogP contribution in [0.5, 0.6) is 0 Å². The second kappa shape index (κ2) is 4.19. The molecule has 0 heterocycles. The molecule has 2 rings (SSSR count). The van der Waals surface area contributed by atoms with Crippen LogP contribution in [0.15, 0.2) is 24.3 Å². The molecule has 0 aliphatic heterocycles. The molecule has 14 heavy (non-hydrogen) atoms. The van der Waals surface area contributed by atoms with Gasteiger partial charge in [0.1, 0.15) is 0 Å². The maximum absolute atomic E-state index is 2.50. The summed E-state index contributed by atoms with van der Waals surface area (Å²) in [6.45, 7) is 4.83. The van der Waals surface area contributed by atoms with Crippen LogP contribution in [-0.2, 0) is 0 Å². The summed E-state index contributed by atoms with van der Waals surface area (Å²) in [6, 6.07) is 0. The van der Waals surface area contributed by atoms with E-state index in [2.05, 4.69) is 37.9 Å². The lowest BCUT2D eigenvalue weighted by atomic mass is 9.80. The Morgan fingerprint density at radius 1 is 1.29 bits per heavy atom. The molecule has 0 spiro atoms. The van der Waals surface area contributed by atoms with Crippen molar-refractivity contribution in [1.82, 2.24) is 0 Å². The van der Waals surface area contributed by atoms with Crippen LogP contribution in [0.3, 0.4) is 0 Å². The van der Waals surface area contributed by atoms with Crippen LogP contribution in [0.1, 0.15) is 32.6 Å². The molecular formula is C13H21P. The standard InChI is InChI=1S/C13H21P/c1-11-7-6-8-12(11)13(14-2)9-4-3-5-10-13/h3-5,9,11-12,14H,6-8,10H2,1-2H3. The third kappa shape index (κ3) is 1.70. The molecule has 1 fully saturated rings. The monoisotopic (exact) mass is 208 g/mol. The van der Waals surface area contributed by atoms with Crippen LogP contribution in [0.4, 0.5) is 0 Å². The molecule has 0 N–H and O–H groups in total. The Bertz CT molecular complexity index is 254. The lowest BCUT2D eigenvalue weighted by molar-refractivity contribution is 0.350. The van der Waals surface area contributed by atoms with Crippen molar-refractivity contribution in [2.24, 2.45) is 11.8 Å². The van der Waals surface area contributed by atoms with Gasteiger partial charge in [0.25, 0.3) is 0 Å². The van der Waals surface area contributed by atoms with E-state index in [-0.39, 0.29) is 0 Å². The van der Waals surface area contributed by atoms with Crippen LogP contribution in [0, 0.1) is 11.8 Å². The average molecular weight is 208 g/mol. The molecule has 0 radical (unpaired) electrons. The third-order valence-corrected chi connectivity index (χ3v) is 5.76. The first kappa shape index (κ1) is 10.4. The molecule has 0 amide bonds. The average Bonchev–Trinajstić information content (AvgIpc) is 2.66. The fourth-order valence-electron chi connectivity index (χ4n) is 3.19. The molecule has 0 nitrogen and oxygen atoms in total. The van der Waals surface area contributed by atoms with Crippen molar-refractivity contribution in [2.75, 3.05) is 6.66 Å². The first-order chi connectivity index (χ1) is 6.78. The number of allylic oxidation sites excluding steroid dienone is 4. The molecule has 0 aromatic heterocycles. The van der Waals surface area contributed by atoms with Gasteiger partial charge in [-0.15, -0.1) is 8.58 Å². The molecule has 0 aromatic carbocycles. The summed E-state index contributed by atoms with van der Waals surface area (Å²) in [5, 5.41) is 0.532. The summed E-state index contributed by atoms with van der Waals surface area (Å²) < 4.78 is 0. The van der Waals surface area contributed by atoms with E-state index in [0.717, 1.165) is 20.4 Å². The maximum Gasteiger partial charge on any atom is 0.0121 e. The van der Waals surface area contributed by atoms with Gasteiger partial charge in [0.2, 0.25) is 0 Å². The van der Waals surface area contributed by atoms with E-state index in [1.807, 2.05) is 0 Å². The molecule has 2 aliphatic carbocycles. The highest BCUT2D eigenvalue weighted by Gasteiger charge is 2.40. The lowest BCUT2D eigenvalue weighted by Crippen LogP contribution is -2.33. The van der Waals surface area contributed by atoms with Crippen molar-refractivity contribution in [3.8, 4) is 0 Å². The first-order valence-corrected chi connectivity index (χ1v) is 7.32. The lowest BCUT2D eigenvalue weighted by Gasteiger charge is -2.38.